The maximum Gasteiger partial charge on any atom is 0.416 e. The van der Waals surface area contributed by atoms with Crippen molar-refractivity contribution in [3.05, 3.63) is 70.5 Å². The van der Waals surface area contributed by atoms with Gasteiger partial charge in [-0.3, -0.25) is 9.59 Å². The van der Waals surface area contributed by atoms with E-state index >= 15 is 0 Å². The molecule has 2 aliphatic rings. The minimum atomic E-state index is -5.06. The summed E-state index contributed by atoms with van der Waals surface area (Å²) >= 11 is 0. The Balaban J connectivity index is 1.54. The number of nitrogens with one attached hydrogen (secondary N) is 1. The number of carboxylic acid groups (broad SMARTS) is 1. The normalized spacial score (nSPS) is 22.0. The van der Waals surface area contributed by atoms with Gasteiger partial charge in [0.15, 0.2) is 6.54 Å². The summed E-state index contributed by atoms with van der Waals surface area (Å²) < 4.78 is 93.5. The number of rotatable bonds is 9. The lowest BCUT2D eigenvalue weighted by Gasteiger charge is -2.37. The van der Waals surface area contributed by atoms with E-state index in [2.05, 4.69) is 15.3 Å². The molecule has 1 aliphatic heterocycles. The highest BCUT2D eigenvalue weighted by molar-refractivity contribution is 6.07. The SMILES string of the molecule is N/C(=N\N(N)CC(=O)O)C1(C(=O)NCc2cc(C(F)(F)F)cc(C(F)(F)F)c2)CCC(N2CCC(c3ccc(F)cc3)CC2)C1. The van der Waals surface area contributed by atoms with Crippen molar-refractivity contribution >= 4 is 17.7 Å². The number of nitrogens with zero attached hydrogens (tertiary/aromatic N) is 3. The summed E-state index contributed by atoms with van der Waals surface area (Å²) in [6, 6.07) is 7.16. The third-order valence-electron chi connectivity index (χ3n) is 8.43. The molecule has 1 heterocycles. The first kappa shape index (κ1) is 34.0. The van der Waals surface area contributed by atoms with E-state index in [9.17, 15) is 40.3 Å². The molecule has 6 N–H and O–H groups in total. The maximum absolute atomic E-state index is 13.7. The van der Waals surface area contributed by atoms with Crippen LogP contribution >= 0.6 is 0 Å². The second kappa shape index (κ2) is 13.2. The zero-order valence-corrected chi connectivity index (χ0v) is 24.0. The van der Waals surface area contributed by atoms with Crippen LogP contribution in [0.2, 0.25) is 0 Å². The molecule has 0 radical (unpaired) electrons. The molecule has 0 bridgehead atoms. The quantitative estimate of drug-likeness (QED) is 0.104. The fourth-order valence-corrected chi connectivity index (χ4v) is 6.10. The van der Waals surface area contributed by atoms with Crippen molar-refractivity contribution in [2.24, 2.45) is 22.1 Å². The van der Waals surface area contributed by atoms with Gasteiger partial charge < -0.3 is 21.1 Å². The van der Waals surface area contributed by atoms with Crippen LogP contribution in [-0.4, -0.2) is 58.5 Å². The first-order valence-corrected chi connectivity index (χ1v) is 14.1. The van der Waals surface area contributed by atoms with Crippen LogP contribution in [0.15, 0.2) is 47.6 Å². The number of carbonyl (C=O) groups is 2. The van der Waals surface area contributed by atoms with Crippen LogP contribution in [0.25, 0.3) is 0 Å². The number of amides is 1. The second-order valence-electron chi connectivity index (χ2n) is 11.4. The Labute approximate surface area is 254 Å². The minimum Gasteiger partial charge on any atom is -0.480 e. The molecular weight excluding hydrogens is 613 g/mol. The second-order valence-corrected chi connectivity index (χ2v) is 11.4. The van der Waals surface area contributed by atoms with Crippen LogP contribution in [-0.2, 0) is 28.5 Å². The highest BCUT2D eigenvalue weighted by Crippen LogP contribution is 2.43. The molecule has 0 aromatic heterocycles. The summed E-state index contributed by atoms with van der Waals surface area (Å²) in [6.07, 6.45) is -7.92. The van der Waals surface area contributed by atoms with E-state index in [4.69, 9.17) is 16.7 Å². The number of carboxylic acids is 1. The molecule has 9 nitrogen and oxygen atoms in total. The minimum absolute atomic E-state index is 0.00341. The van der Waals surface area contributed by atoms with E-state index in [1.54, 1.807) is 12.1 Å². The third kappa shape index (κ3) is 8.22. The van der Waals surface area contributed by atoms with Gasteiger partial charge in [-0.15, -0.1) is 5.10 Å². The van der Waals surface area contributed by atoms with Gasteiger partial charge in [0.25, 0.3) is 0 Å². The van der Waals surface area contributed by atoms with Gasteiger partial charge in [0.05, 0.1) is 11.1 Å². The Bertz CT molecular complexity index is 1380. The molecular formula is C29H33F7N6O3. The van der Waals surface area contributed by atoms with Crippen molar-refractivity contribution in [2.45, 2.75) is 63.0 Å². The van der Waals surface area contributed by atoms with E-state index < -0.39 is 59.4 Å². The predicted molar refractivity (Wildman–Crippen MR) is 148 cm³/mol. The molecule has 246 valence electrons. The monoisotopic (exact) mass is 646 g/mol. The lowest BCUT2D eigenvalue weighted by molar-refractivity contribution is -0.143. The predicted octanol–water partition coefficient (Wildman–Crippen LogP) is 4.43. The van der Waals surface area contributed by atoms with Crippen LogP contribution in [0, 0.1) is 11.2 Å². The maximum atomic E-state index is 13.7. The topological polar surface area (TPSA) is 137 Å². The number of nitrogens with two attached hydrogens (primary N) is 2. The Hall–Kier alpha value is -3.92. The molecule has 2 atom stereocenters. The fourth-order valence-electron chi connectivity index (χ4n) is 6.10. The molecule has 1 aliphatic carbocycles. The fraction of sp³-hybridized carbons (Fsp3) is 0.483. The average Bonchev–Trinajstić information content (AvgIpc) is 3.42. The van der Waals surface area contributed by atoms with Crippen molar-refractivity contribution in [1.82, 2.24) is 15.3 Å². The molecule has 2 unspecified atom stereocenters. The zero-order chi connectivity index (χ0) is 33.2. The van der Waals surface area contributed by atoms with Gasteiger partial charge in [-0.25, -0.2) is 15.4 Å². The number of halogens is 7. The first-order valence-electron chi connectivity index (χ1n) is 14.1. The van der Waals surface area contributed by atoms with Crippen LogP contribution in [0.5, 0.6) is 0 Å². The summed E-state index contributed by atoms with van der Waals surface area (Å²) in [5.41, 5.74) is 2.23. The number of amidine groups is 1. The standard InChI is InChI=1S/C29H33F7N6O3/c30-22-3-1-18(2-4-22)19-6-9-41(10-7-19)23-5-8-27(14-23,25(37)40-42(38)16-24(43)44)26(45)39-15-17-11-20(28(31,32)33)13-21(12-17)29(34,35)36/h1-4,11-13,19,23H,5-10,14-16,38H2,(H2,37,40)(H,39,45)(H,43,44). The summed E-state index contributed by atoms with van der Waals surface area (Å²) in [7, 11) is 0. The summed E-state index contributed by atoms with van der Waals surface area (Å²) in [6.45, 7) is -0.124. The lowest BCUT2D eigenvalue weighted by Crippen LogP contribution is -2.51. The van der Waals surface area contributed by atoms with Gasteiger partial charge in [-0.1, -0.05) is 12.1 Å². The number of hydrogen-bond donors (Lipinski definition) is 4. The summed E-state index contributed by atoms with van der Waals surface area (Å²) in [4.78, 5) is 27.0. The highest BCUT2D eigenvalue weighted by atomic mass is 19.4. The zero-order valence-electron chi connectivity index (χ0n) is 24.0. The van der Waals surface area contributed by atoms with Crippen molar-refractivity contribution in [2.75, 3.05) is 19.6 Å². The van der Waals surface area contributed by atoms with E-state index in [0.717, 1.165) is 18.4 Å². The van der Waals surface area contributed by atoms with Gasteiger partial charge in [-0.2, -0.15) is 26.3 Å². The largest absolute Gasteiger partial charge is 0.480 e. The van der Waals surface area contributed by atoms with E-state index in [1.807, 2.05) is 0 Å². The number of carbonyl (C=O) groups excluding carboxylic acids is 1. The molecule has 2 aromatic carbocycles. The third-order valence-corrected chi connectivity index (χ3v) is 8.43. The van der Waals surface area contributed by atoms with Crippen LogP contribution < -0.4 is 16.9 Å². The van der Waals surface area contributed by atoms with Crippen molar-refractivity contribution in [1.29, 1.82) is 0 Å². The van der Waals surface area contributed by atoms with Crippen molar-refractivity contribution in [3.8, 4) is 0 Å². The smallest absolute Gasteiger partial charge is 0.416 e. The van der Waals surface area contributed by atoms with E-state index in [0.29, 0.717) is 36.8 Å². The number of likely N-dealkylation sites (tertiary alicyclic amines) is 1. The molecule has 0 spiro atoms. The number of alkyl halides is 6. The first-order chi connectivity index (χ1) is 21.0. The number of piperidine rings is 1. The summed E-state index contributed by atoms with van der Waals surface area (Å²) in [5.74, 6) is 3.08. The van der Waals surface area contributed by atoms with Gasteiger partial charge >= 0.3 is 18.3 Å². The average molecular weight is 647 g/mol. The summed E-state index contributed by atoms with van der Waals surface area (Å²) in [5, 5.41) is 15.9. The van der Waals surface area contributed by atoms with Gasteiger partial charge in [0.1, 0.15) is 17.1 Å². The number of aliphatic carboxylic acids is 1. The lowest BCUT2D eigenvalue weighted by atomic mass is 9.82. The highest BCUT2D eigenvalue weighted by Gasteiger charge is 2.50. The molecule has 4 rings (SSSR count). The van der Waals surface area contributed by atoms with Gasteiger partial charge in [0.2, 0.25) is 5.91 Å². The van der Waals surface area contributed by atoms with E-state index in [-0.39, 0.29) is 42.5 Å². The molecule has 45 heavy (non-hydrogen) atoms. The molecule has 2 fully saturated rings. The van der Waals surface area contributed by atoms with Crippen molar-refractivity contribution in [3.63, 3.8) is 0 Å². The molecule has 2 aromatic rings. The van der Waals surface area contributed by atoms with Crippen LogP contribution in [0.1, 0.15) is 60.3 Å². The number of hydrazine groups is 1. The van der Waals surface area contributed by atoms with Gasteiger partial charge in [-0.05, 0) is 92.6 Å². The molecule has 16 heteroatoms. The Morgan fingerprint density at radius 1 is 1.00 bits per heavy atom. The Kier molecular flexibility index (Phi) is 9.97. The molecule has 1 saturated carbocycles. The van der Waals surface area contributed by atoms with Crippen LogP contribution in [0.3, 0.4) is 0 Å². The molecule has 1 saturated heterocycles. The van der Waals surface area contributed by atoms with Crippen molar-refractivity contribution < 1.29 is 45.4 Å². The number of hydrazone groups is 1. The van der Waals surface area contributed by atoms with Gasteiger partial charge in [0, 0.05) is 12.6 Å². The Morgan fingerprint density at radius 2 is 1.58 bits per heavy atom. The Morgan fingerprint density at radius 3 is 2.11 bits per heavy atom. The number of hydrogen-bond acceptors (Lipinski definition) is 6. The molecule has 1 amide bonds. The van der Waals surface area contributed by atoms with E-state index in [1.165, 1.54) is 12.1 Å². The van der Waals surface area contributed by atoms with Crippen LogP contribution in [0.4, 0.5) is 30.7 Å². The number of benzene rings is 2.